The highest BCUT2D eigenvalue weighted by Crippen LogP contribution is 2.22. The summed E-state index contributed by atoms with van der Waals surface area (Å²) in [5.41, 5.74) is 0.0896. The Morgan fingerprint density at radius 1 is 0.889 bits per heavy atom. The van der Waals surface area contributed by atoms with Crippen molar-refractivity contribution >= 4 is 17.7 Å². The first kappa shape index (κ1) is 27.3. The van der Waals surface area contributed by atoms with Gasteiger partial charge >= 0.3 is 0 Å². The predicted molar refractivity (Wildman–Crippen MR) is 134 cm³/mol. The van der Waals surface area contributed by atoms with Gasteiger partial charge in [0.25, 0.3) is 11.8 Å². The standard InChI is InChI=1S/C27H34F2N4O3/c1-3-32(4-2)26(35)24-21(28)11-12-22(29)25(24)27(36)33-16-8-15-31(17-18-33)19-23(34)30-14-13-20-9-6-5-7-10-20/h5-7,9-12H,3-4,8,13-19H2,1-2H3,(H,30,34). The van der Waals surface area contributed by atoms with E-state index in [0.29, 0.717) is 45.7 Å². The van der Waals surface area contributed by atoms with E-state index in [1.54, 1.807) is 13.8 Å². The van der Waals surface area contributed by atoms with Gasteiger partial charge < -0.3 is 15.1 Å². The molecule has 36 heavy (non-hydrogen) atoms. The third-order valence-corrected chi connectivity index (χ3v) is 6.40. The van der Waals surface area contributed by atoms with Crippen LogP contribution in [0.4, 0.5) is 8.78 Å². The first-order chi connectivity index (χ1) is 17.3. The van der Waals surface area contributed by atoms with Crippen LogP contribution in [0, 0.1) is 11.6 Å². The Balaban J connectivity index is 1.62. The number of amides is 3. The molecule has 1 N–H and O–H groups in total. The van der Waals surface area contributed by atoms with E-state index in [4.69, 9.17) is 0 Å². The molecule has 0 saturated carbocycles. The van der Waals surface area contributed by atoms with E-state index < -0.39 is 34.6 Å². The molecule has 0 atom stereocenters. The fraction of sp³-hybridized carbons (Fsp3) is 0.444. The molecule has 0 aromatic heterocycles. The van der Waals surface area contributed by atoms with Crippen molar-refractivity contribution < 1.29 is 23.2 Å². The second-order valence-corrected chi connectivity index (χ2v) is 8.76. The van der Waals surface area contributed by atoms with Crippen molar-refractivity contribution in [2.45, 2.75) is 26.7 Å². The third-order valence-electron chi connectivity index (χ3n) is 6.40. The molecule has 9 heteroatoms. The van der Waals surface area contributed by atoms with Crippen LogP contribution in [-0.2, 0) is 11.2 Å². The van der Waals surface area contributed by atoms with Gasteiger partial charge in [0.05, 0.1) is 17.7 Å². The Morgan fingerprint density at radius 3 is 2.22 bits per heavy atom. The van der Waals surface area contributed by atoms with Crippen molar-refractivity contribution in [2.75, 3.05) is 52.4 Å². The summed E-state index contributed by atoms with van der Waals surface area (Å²) in [6, 6.07) is 11.6. The van der Waals surface area contributed by atoms with Crippen molar-refractivity contribution in [3.05, 3.63) is 70.8 Å². The topological polar surface area (TPSA) is 73.0 Å². The van der Waals surface area contributed by atoms with Gasteiger partial charge in [0.15, 0.2) is 0 Å². The van der Waals surface area contributed by atoms with Gasteiger partial charge in [0.1, 0.15) is 11.6 Å². The van der Waals surface area contributed by atoms with Crippen LogP contribution < -0.4 is 5.32 Å². The number of rotatable bonds is 9. The highest BCUT2D eigenvalue weighted by molar-refractivity contribution is 6.07. The van der Waals surface area contributed by atoms with Gasteiger partial charge in [-0.3, -0.25) is 19.3 Å². The van der Waals surface area contributed by atoms with Gasteiger partial charge in [0, 0.05) is 45.8 Å². The highest BCUT2D eigenvalue weighted by Gasteiger charge is 2.31. The smallest absolute Gasteiger partial charge is 0.257 e. The minimum absolute atomic E-state index is 0.103. The molecule has 1 heterocycles. The molecule has 1 aliphatic heterocycles. The first-order valence-corrected chi connectivity index (χ1v) is 12.4. The molecular formula is C27H34F2N4O3. The molecule has 3 amide bonds. The van der Waals surface area contributed by atoms with Gasteiger partial charge in [-0.1, -0.05) is 30.3 Å². The van der Waals surface area contributed by atoms with Crippen LogP contribution in [0.15, 0.2) is 42.5 Å². The van der Waals surface area contributed by atoms with Crippen LogP contribution in [0.1, 0.15) is 46.5 Å². The number of nitrogens with zero attached hydrogens (tertiary/aromatic N) is 3. The largest absolute Gasteiger partial charge is 0.355 e. The van der Waals surface area contributed by atoms with Crippen molar-refractivity contribution in [1.82, 2.24) is 20.0 Å². The zero-order valence-corrected chi connectivity index (χ0v) is 20.9. The van der Waals surface area contributed by atoms with Crippen LogP contribution in [0.3, 0.4) is 0 Å². The Bertz CT molecular complexity index is 1060. The van der Waals surface area contributed by atoms with Gasteiger partial charge in [0.2, 0.25) is 5.91 Å². The van der Waals surface area contributed by atoms with E-state index in [9.17, 15) is 23.2 Å². The summed E-state index contributed by atoms with van der Waals surface area (Å²) in [7, 11) is 0. The zero-order valence-electron chi connectivity index (χ0n) is 20.9. The van der Waals surface area contributed by atoms with E-state index in [-0.39, 0.29) is 19.0 Å². The van der Waals surface area contributed by atoms with Crippen molar-refractivity contribution in [3.63, 3.8) is 0 Å². The Kier molecular flexibility index (Phi) is 9.93. The molecule has 0 unspecified atom stereocenters. The first-order valence-electron chi connectivity index (χ1n) is 12.4. The van der Waals surface area contributed by atoms with Crippen LogP contribution in [0.2, 0.25) is 0 Å². The van der Waals surface area contributed by atoms with E-state index in [0.717, 1.165) is 24.1 Å². The summed E-state index contributed by atoms with van der Waals surface area (Å²) in [4.78, 5) is 43.3. The lowest BCUT2D eigenvalue weighted by molar-refractivity contribution is -0.122. The number of halogens is 2. The SMILES string of the molecule is CCN(CC)C(=O)c1c(F)ccc(F)c1C(=O)N1CCCN(CC(=O)NCCc2ccccc2)CC1. The minimum atomic E-state index is -0.921. The van der Waals surface area contributed by atoms with E-state index in [2.05, 4.69) is 5.32 Å². The van der Waals surface area contributed by atoms with E-state index in [1.807, 2.05) is 35.2 Å². The number of hydrogen-bond donors (Lipinski definition) is 1. The Hall–Kier alpha value is -3.33. The van der Waals surface area contributed by atoms with Gasteiger partial charge in [-0.15, -0.1) is 0 Å². The van der Waals surface area contributed by atoms with E-state index >= 15 is 0 Å². The molecule has 3 rings (SSSR count). The molecule has 1 fully saturated rings. The van der Waals surface area contributed by atoms with Crippen LogP contribution in [0.5, 0.6) is 0 Å². The summed E-state index contributed by atoms with van der Waals surface area (Å²) in [6.45, 7) is 6.38. The molecule has 2 aromatic rings. The van der Waals surface area contributed by atoms with E-state index in [1.165, 1.54) is 9.80 Å². The molecule has 2 aromatic carbocycles. The lowest BCUT2D eigenvalue weighted by Gasteiger charge is -2.25. The lowest BCUT2D eigenvalue weighted by Crippen LogP contribution is -2.41. The maximum absolute atomic E-state index is 14.8. The summed E-state index contributed by atoms with van der Waals surface area (Å²) in [6.07, 6.45) is 1.31. The molecule has 1 saturated heterocycles. The normalized spacial score (nSPS) is 14.3. The molecular weight excluding hydrogens is 466 g/mol. The van der Waals surface area contributed by atoms with Crippen molar-refractivity contribution in [2.24, 2.45) is 0 Å². The van der Waals surface area contributed by atoms with Gasteiger partial charge in [-0.25, -0.2) is 8.78 Å². The van der Waals surface area contributed by atoms with Crippen molar-refractivity contribution in [1.29, 1.82) is 0 Å². The fourth-order valence-corrected chi connectivity index (χ4v) is 4.38. The maximum atomic E-state index is 14.8. The molecule has 0 radical (unpaired) electrons. The van der Waals surface area contributed by atoms with Gasteiger partial charge in [-0.05, 0) is 44.4 Å². The summed E-state index contributed by atoms with van der Waals surface area (Å²) < 4.78 is 29.5. The van der Waals surface area contributed by atoms with Crippen LogP contribution >= 0.6 is 0 Å². The van der Waals surface area contributed by atoms with Gasteiger partial charge in [-0.2, -0.15) is 0 Å². The quantitative estimate of drug-likeness (QED) is 0.575. The number of carbonyl (C=O) groups excluding carboxylic acids is 3. The molecule has 7 nitrogen and oxygen atoms in total. The van der Waals surface area contributed by atoms with Crippen LogP contribution in [-0.4, -0.2) is 84.8 Å². The maximum Gasteiger partial charge on any atom is 0.257 e. The second-order valence-electron chi connectivity index (χ2n) is 8.76. The molecule has 1 aliphatic rings. The highest BCUT2D eigenvalue weighted by atomic mass is 19.1. The Morgan fingerprint density at radius 2 is 1.56 bits per heavy atom. The lowest BCUT2D eigenvalue weighted by atomic mass is 10.0. The number of hydrogen-bond acceptors (Lipinski definition) is 4. The second kappa shape index (κ2) is 13.1. The molecule has 0 spiro atoms. The average Bonchev–Trinajstić information content (AvgIpc) is 3.11. The zero-order chi connectivity index (χ0) is 26.1. The molecule has 0 aliphatic carbocycles. The third kappa shape index (κ3) is 6.87. The van der Waals surface area contributed by atoms with Crippen LogP contribution in [0.25, 0.3) is 0 Å². The minimum Gasteiger partial charge on any atom is -0.355 e. The van der Waals surface area contributed by atoms with Crippen molar-refractivity contribution in [3.8, 4) is 0 Å². The summed E-state index contributed by atoms with van der Waals surface area (Å²) in [5, 5.41) is 2.92. The number of carbonyl (C=O) groups is 3. The molecule has 0 bridgehead atoms. The average molecular weight is 501 g/mol. The monoisotopic (exact) mass is 500 g/mol. The Labute approximate surface area is 211 Å². The number of nitrogens with one attached hydrogen (secondary N) is 1. The predicted octanol–water partition coefficient (Wildman–Crippen LogP) is 2.95. The summed E-state index contributed by atoms with van der Waals surface area (Å²) >= 11 is 0. The number of benzene rings is 2. The fourth-order valence-electron chi connectivity index (χ4n) is 4.38. The summed E-state index contributed by atoms with van der Waals surface area (Å²) in [5.74, 6) is -3.36. The molecule has 194 valence electrons.